The van der Waals surface area contributed by atoms with Crippen molar-refractivity contribution in [2.45, 2.75) is 19.9 Å². The van der Waals surface area contributed by atoms with Gasteiger partial charge in [0.2, 0.25) is 0 Å². The second kappa shape index (κ2) is 5.96. The van der Waals surface area contributed by atoms with E-state index in [1.54, 1.807) is 0 Å². The topological polar surface area (TPSA) is 50.1 Å². The molecule has 19 heavy (non-hydrogen) atoms. The third-order valence-electron chi connectivity index (χ3n) is 2.80. The fraction of sp³-hybridized carbons (Fsp3) is 0.308. The largest absolute Gasteiger partial charge is 0.506 e. The van der Waals surface area contributed by atoms with Crippen LogP contribution in [0.2, 0.25) is 0 Å². The molecule has 0 bridgehead atoms. The molecule has 0 aliphatic heterocycles. The van der Waals surface area contributed by atoms with E-state index in [1.165, 1.54) is 0 Å². The van der Waals surface area contributed by atoms with E-state index in [0.29, 0.717) is 15.5 Å². The molecule has 1 aromatic carbocycles. The number of aryl methyl sites for hydroxylation is 2. The van der Waals surface area contributed by atoms with Crippen LogP contribution in [0.3, 0.4) is 0 Å². The van der Waals surface area contributed by atoms with Gasteiger partial charge in [-0.15, -0.1) is 0 Å². The molecular formula is C13H15Br2N3O. The van der Waals surface area contributed by atoms with Crippen molar-refractivity contribution in [2.75, 3.05) is 5.32 Å². The number of nitrogens with one attached hydrogen (secondary N) is 1. The molecule has 0 saturated carbocycles. The van der Waals surface area contributed by atoms with Gasteiger partial charge in [0, 0.05) is 19.8 Å². The van der Waals surface area contributed by atoms with Crippen LogP contribution in [0, 0.1) is 0 Å². The number of benzene rings is 1. The lowest BCUT2D eigenvalue weighted by atomic mass is 10.2. The molecule has 0 fully saturated rings. The number of hydrogen-bond acceptors (Lipinski definition) is 3. The average molecular weight is 389 g/mol. The normalized spacial score (nSPS) is 10.7. The number of halogens is 2. The molecule has 2 aromatic rings. The van der Waals surface area contributed by atoms with Crippen molar-refractivity contribution in [3.63, 3.8) is 0 Å². The van der Waals surface area contributed by atoms with Gasteiger partial charge in [-0.05, 0) is 56.0 Å². The van der Waals surface area contributed by atoms with E-state index in [9.17, 15) is 5.11 Å². The second-order valence-electron chi connectivity index (χ2n) is 4.28. The quantitative estimate of drug-likeness (QED) is 0.836. The summed E-state index contributed by atoms with van der Waals surface area (Å²) in [6.07, 6.45) is 2.87. The first-order chi connectivity index (χ1) is 9.01. The van der Waals surface area contributed by atoms with Gasteiger partial charge in [-0.3, -0.25) is 4.68 Å². The summed E-state index contributed by atoms with van der Waals surface area (Å²) < 4.78 is 3.17. The van der Waals surface area contributed by atoms with Crippen LogP contribution in [0.15, 0.2) is 27.3 Å². The minimum atomic E-state index is 0.222. The Labute approximate surface area is 129 Å². The smallest absolute Gasteiger partial charge is 0.143 e. The molecule has 1 heterocycles. The Bertz CT molecular complexity index is 573. The van der Waals surface area contributed by atoms with E-state index in [2.05, 4.69) is 49.2 Å². The molecule has 2 N–H and O–H groups in total. The summed E-state index contributed by atoms with van der Waals surface area (Å²) in [5.74, 6) is 0.222. The van der Waals surface area contributed by atoms with E-state index in [0.717, 1.165) is 23.4 Å². The van der Waals surface area contributed by atoms with Crippen LogP contribution < -0.4 is 5.32 Å². The SMILES string of the molecule is CCc1nn(C)cc1NCc1cc(Br)c(O)c(Br)c1. The molecule has 0 unspecified atom stereocenters. The van der Waals surface area contributed by atoms with Crippen molar-refractivity contribution >= 4 is 37.5 Å². The number of rotatable bonds is 4. The van der Waals surface area contributed by atoms with E-state index in [4.69, 9.17) is 0 Å². The summed E-state index contributed by atoms with van der Waals surface area (Å²) in [7, 11) is 1.91. The Morgan fingerprint density at radius 3 is 2.53 bits per heavy atom. The van der Waals surface area contributed by atoms with Crippen molar-refractivity contribution in [1.29, 1.82) is 0 Å². The lowest BCUT2D eigenvalue weighted by Gasteiger charge is -2.08. The lowest BCUT2D eigenvalue weighted by molar-refractivity contribution is 0.468. The second-order valence-corrected chi connectivity index (χ2v) is 5.99. The minimum Gasteiger partial charge on any atom is -0.506 e. The predicted molar refractivity (Wildman–Crippen MR) is 83.4 cm³/mol. The van der Waals surface area contributed by atoms with E-state index < -0.39 is 0 Å². The molecular weight excluding hydrogens is 374 g/mol. The summed E-state index contributed by atoms with van der Waals surface area (Å²) >= 11 is 6.66. The monoisotopic (exact) mass is 387 g/mol. The molecule has 0 spiro atoms. The highest BCUT2D eigenvalue weighted by Gasteiger charge is 2.08. The Morgan fingerprint density at radius 2 is 1.95 bits per heavy atom. The van der Waals surface area contributed by atoms with Gasteiger partial charge < -0.3 is 10.4 Å². The van der Waals surface area contributed by atoms with Crippen molar-refractivity contribution in [2.24, 2.45) is 7.05 Å². The van der Waals surface area contributed by atoms with Gasteiger partial charge in [-0.25, -0.2) is 0 Å². The highest BCUT2D eigenvalue weighted by Crippen LogP contribution is 2.33. The summed E-state index contributed by atoms with van der Waals surface area (Å²) in [5.41, 5.74) is 3.17. The van der Waals surface area contributed by atoms with Crippen molar-refractivity contribution in [3.05, 3.63) is 38.5 Å². The molecule has 0 amide bonds. The zero-order valence-electron chi connectivity index (χ0n) is 10.7. The summed E-state index contributed by atoms with van der Waals surface area (Å²) in [4.78, 5) is 0. The third-order valence-corrected chi connectivity index (χ3v) is 4.01. The molecule has 0 radical (unpaired) electrons. The Kier molecular flexibility index (Phi) is 4.52. The summed E-state index contributed by atoms with van der Waals surface area (Å²) in [6, 6.07) is 3.80. The fourth-order valence-corrected chi connectivity index (χ4v) is 3.14. The summed E-state index contributed by atoms with van der Waals surface area (Å²) in [6.45, 7) is 2.76. The van der Waals surface area contributed by atoms with Crippen LogP contribution in [-0.2, 0) is 20.0 Å². The van der Waals surface area contributed by atoms with Crippen molar-refractivity contribution < 1.29 is 5.11 Å². The molecule has 0 saturated heterocycles. The van der Waals surface area contributed by atoms with Gasteiger partial charge >= 0.3 is 0 Å². The maximum atomic E-state index is 9.67. The predicted octanol–water partition coefficient (Wildman–Crippen LogP) is 3.83. The Morgan fingerprint density at radius 1 is 1.32 bits per heavy atom. The van der Waals surface area contributed by atoms with E-state index in [-0.39, 0.29) is 5.75 Å². The number of phenols is 1. The van der Waals surface area contributed by atoms with Gasteiger partial charge in [-0.2, -0.15) is 5.10 Å². The minimum absolute atomic E-state index is 0.222. The maximum absolute atomic E-state index is 9.67. The van der Waals surface area contributed by atoms with Gasteiger partial charge in [0.1, 0.15) is 5.75 Å². The number of phenolic OH excluding ortho intramolecular Hbond substituents is 1. The third kappa shape index (κ3) is 3.30. The first kappa shape index (κ1) is 14.4. The standard InChI is InChI=1S/C13H15Br2N3O/c1-3-11-12(7-18(2)17-11)16-6-8-4-9(14)13(19)10(15)5-8/h4-5,7,16,19H,3,6H2,1-2H3. The molecule has 0 atom stereocenters. The molecule has 102 valence electrons. The van der Waals surface area contributed by atoms with Gasteiger partial charge in [-0.1, -0.05) is 6.92 Å². The van der Waals surface area contributed by atoms with Crippen LogP contribution in [-0.4, -0.2) is 14.9 Å². The molecule has 1 aromatic heterocycles. The number of anilines is 1. The van der Waals surface area contributed by atoms with Gasteiger partial charge in [0.25, 0.3) is 0 Å². The zero-order chi connectivity index (χ0) is 14.0. The Balaban J connectivity index is 2.14. The van der Waals surface area contributed by atoms with E-state index in [1.807, 2.05) is 30.1 Å². The van der Waals surface area contributed by atoms with Crippen molar-refractivity contribution in [1.82, 2.24) is 9.78 Å². The number of aromatic nitrogens is 2. The highest BCUT2D eigenvalue weighted by molar-refractivity contribution is 9.11. The lowest BCUT2D eigenvalue weighted by Crippen LogP contribution is -2.01. The van der Waals surface area contributed by atoms with E-state index >= 15 is 0 Å². The number of aromatic hydroxyl groups is 1. The first-order valence-corrected chi connectivity index (χ1v) is 7.53. The number of nitrogens with zero attached hydrogens (tertiary/aromatic N) is 2. The van der Waals surface area contributed by atoms with Crippen LogP contribution in [0.4, 0.5) is 5.69 Å². The maximum Gasteiger partial charge on any atom is 0.143 e. The van der Waals surface area contributed by atoms with Crippen LogP contribution >= 0.6 is 31.9 Å². The van der Waals surface area contributed by atoms with Gasteiger partial charge in [0.05, 0.1) is 20.3 Å². The molecule has 0 aliphatic carbocycles. The first-order valence-electron chi connectivity index (χ1n) is 5.94. The summed E-state index contributed by atoms with van der Waals surface area (Å²) in [5, 5.41) is 17.4. The highest BCUT2D eigenvalue weighted by atomic mass is 79.9. The van der Waals surface area contributed by atoms with Crippen LogP contribution in [0.1, 0.15) is 18.2 Å². The van der Waals surface area contributed by atoms with Crippen molar-refractivity contribution in [3.8, 4) is 5.75 Å². The zero-order valence-corrected chi connectivity index (χ0v) is 13.9. The molecule has 2 rings (SSSR count). The van der Waals surface area contributed by atoms with Crippen LogP contribution in [0.5, 0.6) is 5.75 Å². The van der Waals surface area contributed by atoms with Gasteiger partial charge in [0.15, 0.2) is 0 Å². The Hall–Kier alpha value is -1.01. The van der Waals surface area contributed by atoms with Crippen LogP contribution in [0.25, 0.3) is 0 Å². The average Bonchev–Trinajstić information content (AvgIpc) is 2.73. The molecule has 0 aliphatic rings. The molecule has 6 heteroatoms. The number of hydrogen-bond donors (Lipinski definition) is 2. The fourth-order valence-electron chi connectivity index (χ4n) is 1.86. The molecule has 4 nitrogen and oxygen atoms in total.